The second-order valence-corrected chi connectivity index (χ2v) is 3.32. The van der Waals surface area contributed by atoms with Crippen LogP contribution in [0.2, 0.25) is 0 Å². The topological polar surface area (TPSA) is 38.4 Å². The standard InChI is InChI=1S/C12H18N2/c1-3-5-12(14-2)11-7-4-6-10(8-11)9-13/h4,6-8H,3,5,9,13H2,1-2H3. The highest BCUT2D eigenvalue weighted by Crippen LogP contribution is 2.09. The molecule has 0 spiro atoms. The summed E-state index contributed by atoms with van der Waals surface area (Å²) in [6.07, 6.45) is 2.16. The van der Waals surface area contributed by atoms with Crippen LogP contribution < -0.4 is 5.73 Å². The van der Waals surface area contributed by atoms with E-state index in [1.54, 1.807) is 0 Å². The Morgan fingerprint density at radius 2 is 2.21 bits per heavy atom. The molecule has 2 N–H and O–H groups in total. The van der Waals surface area contributed by atoms with Gasteiger partial charge in [-0.25, -0.2) is 0 Å². The molecule has 0 aromatic heterocycles. The second-order valence-electron chi connectivity index (χ2n) is 3.32. The fourth-order valence-corrected chi connectivity index (χ4v) is 1.50. The van der Waals surface area contributed by atoms with Gasteiger partial charge in [0.25, 0.3) is 0 Å². The summed E-state index contributed by atoms with van der Waals surface area (Å²) in [7, 11) is 1.85. The molecule has 0 fully saturated rings. The van der Waals surface area contributed by atoms with Crippen LogP contribution in [-0.4, -0.2) is 12.8 Å². The number of rotatable bonds is 4. The van der Waals surface area contributed by atoms with Gasteiger partial charge in [0.05, 0.1) is 0 Å². The molecule has 1 aromatic carbocycles. The van der Waals surface area contributed by atoms with Crippen LogP contribution in [-0.2, 0) is 6.54 Å². The Labute approximate surface area is 85.9 Å². The van der Waals surface area contributed by atoms with Crippen molar-refractivity contribution in [2.45, 2.75) is 26.3 Å². The Kier molecular flexibility index (Phi) is 4.33. The van der Waals surface area contributed by atoms with Gasteiger partial charge >= 0.3 is 0 Å². The highest BCUT2D eigenvalue weighted by atomic mass is 14.7. The molecule has 0 unspecified atom stereocenters. The van der Waals surface area contributed by atoms with Crippen molar-refractivity contribution in [3.63, 3.8) is 0 Å². The second kappa shape index (κ2) is 5.55. The smallest absolute Gasteiger partial charge is 0.0417 e. The maximum Gasteiger partial charge on any atom is 0.0417 e. The number of hydrogen-bond donors (Lipinski definition) is 1. The van der Waals surface area contributed by atoms with Crippen molar-refractivity contribution in [1.82, 2.24) is 0 Å². The van der Waals surface area contributed by atoms with Crippen LogP contribution in [0.4, 0.5) is 0 Å². The molecule has 2 heteroatoms. The Hall–Kier alpha value is -1.15. The van der Waals surface area contributed by atoms with Crippen LogP contribution in [0, 0.1) is 0 Å². The van der Waals surface area contributed by atoms with Crippen molar-refractivity contribution >= 4 is 5.71 Å². The summed E-state index contributed by atoms with van der Waals surface area (Å²) < 4.78 is 0. The third-order valence-electron chi connectivity index (χ3n) is 2.25. The third-order valence-corrected chi connectivity index (χ3v) is 2.25. The van der Waals surface area contributed by atoms with Gasteiger partial charge in [-0.15, -0.1) is 0 Å². The van der Waals surface area contributed by atoms with Gasteiger partial charge < -0.3 is 5.73 Å². The largest absolute Gasteiger partial charge is 0.326 e. The van der Waals surface area contributed by atoms with Crippen molar-refractivity contribution in [3.8, 4) is 0 Å². The molecule has 0 aliphatic rings. The van der Waals surface area contributed by atoms with Crippen molar-refractivity contribution in [1.29, 1.82) is 0 Å². The average Bonchev–Trinajstić information content (AvgIpc) is 2.26. The lowest BCUT2D eigenvalue weighted by Gasteiger charge is -2.05. The lowest BCUT2D eigenvalue weighted by molar-refractivity contribution is 0.987. The van der Waals surface area contributed by atoms with E-state index in [4.69, 9.17) is 5.73 Å². The predicted octanol–water partition coefficient (Wildman–Crippen LogP) is 2.36. The molecule has 0 atom stereocenters. The predicted molar refractivity (Wildman–Crippen MR) is 61.7 cm³/mol. The van der Waals surface area contributed by atoms with E-state index < -0.39 is 0 Å². The van der Waals surface area contributed by atoms with Crippen molar-refractivity contribution in [2.24, 2.45) is 10.7 Å². The van der Waals surface area contributed by atoms with E-state index in [1.165, 1.54) is 16.8 Å². The first-order chi connectivity index (χ1) is 6.81. The monoisotopic (exact) mass is 190 g/mol. The van der Waals surface area contributed by atoms with E-state index in [0.717, 1.165) is 12.8 Å². The maximum absolute atomic E-state index is 5.59. The molecule has 0 aliphatic carbocycles. The summed E-state index contributed by atoms with van der Waals surface area (Å²) in [5, 5.41) is 0. The van der Waals surface area contributed by atoms with Crippen molar-refractivity contribution in [2.75, 3.05) is 7.05 Å². The summed E-state index contributed by atoms with van der Waals surface area (Å²) in [6, 6.07) is 8.30. The van der Waals surface area contributed by atoms with Gasteiger partial charge in [-0.1, -0.05) is 31.5 Å². The van der Waals surface area contributed by atoms with Crippen LogP contribution in [0.1, 0.15) is 30.9 Å². The van der Waals surface area contributed by atoms with Gasteiger partial charge in [0, 0.05) is 19.3 Å². The highest BCUT2D eigenvalue weighted by Gasteiger charge is 2.01. The van der Waals surface area contributed by atoms with Crippen LogP contribution in [0.25, 0.3) is 0 Å². The molecule has 1 rings (SSSR count). The van der Waals surface area contributed by atoms with E-state index in [-0.39, 0.29) is 0 Å². The maximum atomic E-state index is 5.59. The first-order valence-electron chi connectivity index (χ1n) is 5.06. The molecule has 0 bridgehead atoms. The van der Waals surface area contributed by atoms with Gasteiger partial charge in [0.1, 0.15) is 0 Å². The fourth-order valence-electron chi connectivity index (χ4n) is 1.50. The van der Waals surface area contributed by atoms with Crippen molar-refractivity contribution < 1.29 is 0 Å². The van der Waals surface area contributed by atoms with E-state index >= 15 is 0 Å². The van der Waals surface area contributed by atoms with Gasteiger partial charge in [0.15, 0.2) is 0 Å². The summed E-state index contributed by atoms with van der Waals surface area (Å²) in [5.74, 6) is 0. The van der Waals surface area contributed by atoms with Crippen LogP contribution in [0.3, 0.4) is 0 Å². The lowest BCUT2D eigenvalue weighted by Crippen LogP contribution is -2.03. The lowest BCUT2D eigenvalue weighted by atomic mass is 10.0. The van der Waals surface area contributed by atoms with Crippen LogP contribution >= 0.6 is 0 Å². The minimum absolute atomic E-state index is 0.594. The number of hydrogen-bond acceptors (Lipinski definition) is 2. The molecule has 76 valence electrons. The fraction of sp³-hybridized carbons (Fsp3) is 0.417. The number of benzene rings is 1. The average molecular weight is 190 g/mol. The summed E-state index contributed by atoms with van der Waals surface area (Å²) in [4.78, 5) is 4.30. The molecule has 1 aromatic rings. The molecule has 2 nitrogen and oxygen atoms in total. The zero-order valence-electron chi connectivity index (χ0n) is 8.96. The molecule has 0 saturated carbocycles. The molecule has 0 amide bonds. The summed E-state index contributed by atoms with van der Waals surface area (Å²) >= 11 is 0. The van der Waals surface area contributed by atoms with Gasteiger partial charge in [0.2, 0.25) is 0 Å². The molecule has 0 heterocycles. The zero-order valence-corrected chi connectivity index (χ0v) is 8.96. The Morgan fingerprint density at radius 1 is 1.43 bits per heavy atom. The molecule has 0 aliphatic heterocycles. The number of nitrogens with two attached hydrogens (primary N) is 1. The SMILES string of the molecule is CCCC(=NC)c1cccc(CN)c1. The van der Waals surface area contributed by atoms with Crippen molar-refractivity contribution in [3.05, 3.63) is 35.4 Å². The summed E-state index contributed by atoms with van der Waals surface area (Å²) in [6.45, 7) is 2.76. The zero-order chi connectivity index (χ0) is 10.4. The first kappa shape index (κ1) is 10.9. The minimum Gasteiger partial charge on any atom is -0.326 e. The van der Waals surface area contributed by atoms with E-state index in [0.29, 0.717) is 6.54 Å². The summed E-state index contributed by atoms with van der Waals surface area (Å²) in [5.41, 5.74) is 9.14. The Bertz CT molecular complexity index is 316. The Morgan fingerprint density at radius 3 is 2.79 bits per heavy atom. The van der Waals surface area contributed by atoms with Gasteiger partial charge in [-0.2, -0.15) is 0 Å². The quantitative estimate of drug-likeness (QED) is 0.727. The van der Waals surface area contributed by atoms with E-state index in [9.17, 15) is 0 Å². The van der Waals surface area contributed by atoms with E-state index in [2.05, 4.69) is 24.0 Å². The molecular formula is C12H18N2. The van der Waals surface area contributed by atoms with E-state index in [1.807, 2.05) is 19.2 Å². The third kappa shape index (κ3) is 2.67. The first-order valence-corrected chi connectivity index (χ1v) is 5.06. The highest BCUT2D eigenvalue weighted by molar-refractivity contribution is 6.00. The molecule has 0 radical (unpaired) electrons. The number of nitrogens with zero attached hydrogens (tertiary/aromatic N) is 1. The normalized spacial score (nSPS) is 11.8. The molecular weight excluding hydrogens is 172 g/mol. The molecule has 14 heavy (non-hydrogen) atoms. The Balaban J connectivity index is 2.93. The van der Waals surface area contributed by atoms with Gasteiger partial charge in [-0.05, 0) is 23.6 Å². The minimum atomic E-state index is 0.594. The van der Waals surface area contributed by atoms with Crippen LogP contribution in [0.15, 0.2) is 29.3 Å². The van der Waals surface area contributed by atoms with Crippen LogP contribution in [0.5, 0.6) is 0 Å². The van der Waals surface area contributed by atoms with Gasteiger partial charge in [-0.3, -0.25) is 4.99 Å². The number of aliphatic imine (C=N–C) groups is 1. The molecule has 0 saturated heterocycles.